The van der Waals surface area contributed by atoms with Gasteiger partial charge in [0.2, 0.25) is 0 Å². The van der Waals surface area contributed by atoms with E-state index in [2.05, 4.69) is 4.84 Å². The molecule has 0 amide bonds. The van der Waals surface area contributed by atoms with E-state index in [4.69, 9.17) is 10.6 Å². The van der Waals surface area contributed by atoms with E-state index in [0.29, 0.717) is 5.56 Å². The summed E-state index contributed by atoms with van der Waals surface area (Å²) in [6.07, 6.45) is 0. The average Bonchev–Trinajstić information content (AvgIpc) is 2.19. The van der Waals surface area contributed by atoms with Crippen molar-refractivity contribution in [2.24, 2.45) is 5.90 Å². The molecule has 0 unspecified atom stereocenters. The molecule has 16 heavy (non-hydrogen) atoms. The monoisotopic (exact) mass is 231 g/mol. The Hall–Kier alpha value is -1.20. The van der Waals surface area contributed by atoms with Crippen molar-refractivity contribution in [3.8, 4) is 5.75 Å². The van der Waals surface area contributed by atoms with E-state index < -0.39 is 5.92 Å². The Morgan fingerprint density at radius 1 is 1.38 bits per heavy atom. The zero-order chi connectivity index (χ0) is 12.3. The molecule has 5 heteroatoms. The van der Waals surface area contributed by atoms with E-state index >= 15 is 0 Å². The number of hydrogen-bond donors (Lipinski definition) is 1. The Labute approximate surface area is 93.1 Å². The van der Waals surface area contributed by atoms with Crippen molar-refractivity contribution in [1.29, 1.82) is 0 Å². The smallest absolute Gasteiger partial charge is 0.274 e. The number of rotatable bonds is 4. The van der Waals surface area contributed by atoms with Gasteiger partial charge in [-0.2, -0.15) is 0 Å². The molecule has 0 atom stereocenters. The van der Waals surface area contributed by atoms with Gasteiger partial charge in [-0.15, -0.1) is 0 Å². The lowest BCUT2D eigenvalue weighted by molar-refractivity contribution is 0.0146. The van der Waals surface area contributed by atoms with Crippen LogP contribution in [0.1, 0.15) is 23.6 Å². The molecule has 0 bridgehead atoms. The Morgan fingerprint density at radius 3 is 2.44 bits per heavy atom. The maximum Gasteiger partial charge on any atom is 0.274 e. The van der Waals surface area contributed by atoms with Crippen LogP contribution in [0.15, 0.2) is 12.1 Å². The number of benzene rings is 1. The van der Waals surface area contributed by atoms with Gasteiger partial charge < -0.3 is 4.74 Å². The van der Waals surface area contributed by atoms with Gasteiger partial charge in [0.15, 0.2) is 0 Å². The van der Waals surface area contributed by atoms with Crippen molar-refractivity contribution in [3.63, 3.8) is 0 Å². The highest BCUT2D eigenvalue weighted by Crippen LogP contribution is 2.38. The van der Waals surface area contributed by atoms with Crippen molar-refractivity contribution < 1.29 is 18.4 Å². The van der Waals surface area contributed by atoms with E-state index in [1.165, 1.54) is 13.2 Å². The number of hydrogen-bond acceptors (Lipinski definition) is 3. The van der Waals surface area contributed by atoms with E-state index in [1.807, 2.05) is 0 Å². The summed E-state index contributed by atoms with van der Waals surface area (Å²) in [5.41, 5.74) is 1.19. The van der Waals surface area contributed by atoms with Crippen molar-refractivity contribution in [3.05, 3.63) is 28.8 Å². The minimum absolute atomic E-state index is 0.0406. The van der Waals surface area contributed by atoms with Crippen LogP contribution in [0.2, 0.25) is 0 Å². The van der Waals surface area contributed by atoms with Crippen LogP contribution in [0.3, 0.4) is 0 Å². The summed E-state index contributed by atoms with van der Waals surface area (Å²) in [6.45, 7) is 2.65. The van der Waals surface area contributed by atoms with Gasteiger partial charge in [-0.25, -0.2) is 14.7 Å². The highest BCUT2D eigenvalue weighted by atomic mass is 19.3. The zero-order valence-corrected chi connectivity index (χ0v) is 9.51. The molecule has 0 saturated carbocycles. The number of ether oxygens (including phenoxy) is 1. The molecule has 0 fully saturated rings. The van der Waals surface area contributed by atoms with Crippen LogP contribution in [0.4, 0.5) is 8.78 Å². The topological polar surface area (TPSA) is 44.5 Å². The van der Waals surface area contributed by atoms with Gasteiger partial charge >= 0.3 is 0 Å². The first-order valence-corrected chi connectivity index (χ1v) is 4.78. The second-order valence-corrected chi connectivity index (χ2v) is 3.64. The second-order valence-electron chi connectivity index (χ2n) is 3.64. The Balaban J connectivity index is 3.37. The minimum atomic E-state index is -2.96. The summed E-state index contributed by atoms with van der Waals surface area (Å²) in [5, 5.41) is 0. The maximum absolute atomic E-state index is 13.3. The standard InChI is InChI=1S/C11H15F2NO2/c1-7-4-5-9(11(2,12)13)10(15-3)8(7)6-16-14/h4-5H,6,14H2,1-3H3. The van der Waals surface area contributed by atoms with Crippen molar-refractivity contribution in [2.75, 3.05) is 7.11 Å². The van der Waals surface area contributed by atoms with E-state index in [1.54, 1.807) is 13.0 Å². The Morgan fingerprint density at radius 2 is 2.00 bits per heavy atom. The normalized spacial score (nSPS) is 11.6. The van der Waals surface area contributed by atoms with Gasteiger partial charge in [0.25, 0.3) is 5.92 Å². The molecule has 1 aromatic rings. The third kappa shape index (κ3) is 2.48. The molecule has 1 aromatic carbocycles. The largest absolute Gasteiger partial charge is 0.496 e. The van der Waals surface area contributed by atoms with Crippen molar-refractivity contribution in [1.82, 2.24) is 0 Å². The molecule has 0 saturated heterocycles. The molecule has 3 nitrogen and oxygen atoms in total. The Kier molecular flexibility index (Phi) is 3.83. The zero-order valence-electron chi connectivity index (χ0n) is 9.51. The van der Waals surface area contributed by atoms with Gasteiger partial charge in [-0.3, -0.25) is 4.84 Å². The van der Waals surface area contributed by atoms with Crippen molar-refractivity contribution >= 4 is 0 Å². The molecule has 0 aliphatic heterocycles. The van der Waals surface area contributed by atoms with Gasteiger partial charge in [-0.1, -0.05) is 6.07 Å². The fourth-order valence-corrected chi connectivity index (χ4v) is 1.57. The van der Waals surface area contributed by atoms with Gasteiger partial charge in [-0.05, 0) is 18.6 Å². The quantitative estimate of drug-likeness (QED) is 0.810. The third-order valence-electron chi connectivity index (χ3n) is 2.40. The van der Waals surface area contributed by atoms with Gasteiger partial charge in [0.05, 0.1) is 19.3 Å². The molecule has 1 rings (SSSR count). The molecule has 0 aliphatic rings. The number of methoxy groups -OCH3 is 1. The van der Waals surface area contributed by atoms with Crippen LogP contribution in [-0.4, -0.2) is 7.11 Å². The highest BCUT2D eigenvalue weighted by Gasteiger charge is 2.30. The molecule has 0 aromatic heterocycles. The Bertz CT molecular complexity index is 375. The molecule has 0 aliphatic carbocycles. The molecule has 2 N–H and O–H groups in total. The molecule has 0 radical (unpaired) electrons. The van der Waals surface area contributed by atoms with Crippen LogP contribution in [0.5, 0.6) is 5.75 Å². The summed E-state index contributed by atoms with van der Waals surface area (Å²) in [4.78, 5) is 4.49. The lowest BCUT2D eigenvalue weighted by Gasteiger charge is -2.19. The van der Waals surface area contributed by atoms with E-state index in [9.17, 15) is 8.78 Å². The fourth-order valence-electron chi connectivity index (χ4n) is 1.57. The summed E-state index contributed by atoms with van der Waals surface area (Å²) in [5.74, 6) is 2.15. The van der Waals surface area contributed by atoms with Gasteiger partial charge in [0.1, 0.15) is 5.75 Å². The summed E-state index contributed by atoms with van der Waals surface area (Å²) in [7, 11) is 1.35. The fraction of sp³-hybridized carbons (Fsp3) is 0.455. The molecule has 0 heterocycles. The number of nitrogens with two attached hydrogens (primary N) is 1. The van der Waals surface area contributed by atoms with E-state index in [0.717, 1.165) is 12.5 Å². The van der Waals surface area contributed by atoms with Gasteiger partial charge in [0, 0.05) is 12.5 Å². The van der Waals surface area contributed by atoms with Crippen LogP contribution < -0.4 is 10.6 Å². The van der Waals surface area contributed by atoms with Crippen LogP contribution >= 0.6 is 0 Å². The lowest BCUT2D eigenvalue weighted by atomic mass is 10.00. The SMILES string of the molecule is COc1c(C(C)(F)F)ccc(C)c1CON. The van der Waals surface area contributed by atoms with Crippen molar-refractivity contribution in [2.45, 2.75) is 26.4 Å². The second kappa shape index (κ2) is 4.76. The first-order chi connectivity index (χ1) is 7.41. The minimum Gasteiger partial charge on any atom is -0.496 e. The summed E-state index contributed by atoms with van der Waals surface area (Å²) >= 11 is 0. The van der Waals surface area contributed by atoms with Crippen LogP contribution in [0, 0.1) is 6.92 Å². The first kappa shape index (κ1) is 12.9. The first-order valence-electron chi connectivity index (χ1n) is 4.78. The third-order valence-corrected chi connectivity index (χ3v) is 2.40. The molecule has 0 spiro atoms. The number of halogens is 2. The van der Waals surface area contributed by atoms with E-state index in [-0.39, 0.29) is 17.9 Å². The van der Waals surface area contributed by atoms with Crippen LogP contribution in [0.25, 0.3) is 0 Å². The highest BCUT2D eigenvalue weighted by molar-refractivity contribution is 5.47. The molecule has 90 valence electrons. The predicted molar refractivity (Wildman–Crippen MR) is 56.3 cm³/mol. The average molecular weight is 231 g/mol. The summed E-state index contributed by atoms with van der Waals surface area (Å²) < 4.78 is 31.6. The number of aryl methyl sites for hydroxylation is 1. The molecular weight excluding hydrogens is 216 g/mol. The van der Waals surface area contributed by atoms with Crippen LogP contribution in [-0.2, 0) is 17.4 Å². The predicted octanol–water partition coefficient (Wildman–Crippen LogP) is 2.51. The summed E-state index contributed by atoms with van der Waals surface area (Å²) in [6, 6.07) is 2.96. The molecular formula is C11H15F2NO2. The number of alkyl halides is 2. The lowest BCUT2D eigenvalue weighted by Crippen LogP contribution is -2.12. The maximum atomic E-state index is 13.3.